The van der Waals surface area contributed by atoms with Crippen molar-refractivity contribution in [3.05, 3.63) is 151 Å². The zero-order valence-electron chi connectivity index (χ0n) is 27.4. The molecule has 0 aliphatic rings. The maximum atomic E-state index is 9.91. The van der Waals surface area contributed by atoms with Gasteiger partial charge in [-0.1, -0.05) is 97.1 Å². The molecule has 0 radical (unpaired) electrons. The fraction of sp³-hybridized carbons (Fsp3) is 0. The fourth-order valence-corrected chi connectivity index (χ4v) is 7.84. The van der Waals surface area contributed by atoms with Crippen LogP contribution in [0.15, 0.2) is 150 Å². The largest absolute Gasteiger partial charge is 0.456 e. The van der Waals surface area contributed by atoms with E-state index < -0.39 is 0 Å². The van der Waals surface area contributed by atoms with Crippen molar-refractivity contribution in [2.45, 2.75) is 0 Å². The highest BCUT2D eigenvalue weighted by Gasteiger charge is 2.20. The second kappa shape index (κ2) is 12.1. The van der Waals surface area contributed by atoms with E-state index in [2.05, 4.69) is 30.3 Å². The van der Waals surface area contributed by atoms with Gasteiger partial charge in [-0.3, -0.25) is 0 Å². The Morgan fingerprint density at radius 2 is 1.13 bits per heavy atom. The predicted molar refractivity (Wildman–Crippen MR) is 207 cm³/mol. The quantitative estimate of drug-likeness (QED) is 0.178. The van der Waals surface area contributed by atoms with Crippen LogP contribution >= 0.6 is 11.3 Å². The van der Waals surface area contributed by atoms with Crippen LogP contribution < -0.4 is 0 Å². The van der Waals surface area contributed by atoms with Gasteiger partial charge < -0.3 is 4.42 Å². The van der Waals surface area contributed by atoms with Crippen molar-refractivity contribution in [3.8, 4) is 62.9 Å². The first-order valence-electron chi connectivity index (χ1n) is 16.7. The van der Waals surface area contributed by atoms with E-state index in [0.717, 1.165) is 70.2 Å². The summed E-state index contributed by atoms with van der Waals surface area (Å²) in [6.07, 6.45) is 0. The molecule has 0 N–H and O–H groups in total. The maximum Gasteiger partial charge on any atom is 0.164 e. The summed E-state index contributed by atoms with van der Waals surface area (Å²) >= 11 is 1.67. The lowest BCUT2D eigenvalue weighted by Gasteiger charge is -2.08. The molecule has 0 bridgehead atoms. The van der Waals surface area contributed by atoms with Crippen LogP contribution in [0.4, 0.5) is 0 Å². The second-order valence-electron chi connectivity index (χ2n) is 12.4. The molecule has 8 heteroatoms. The van der Waals surface area contributed by atoms with Gasteiger partial charge >= 0.3 is 0 Å². The number of benzene rings is 6. The van der Waals surface area contributed by atoms with E-state index in [9.17, 15) is 5.26 Å². The average molecular weight is 685 g/mol. The van der Waals surface area contributed by atoms with Gasteiger partial charge in [0.1, 0.15) is 11.2 Å². The van der Waals surface area contributed by atoms with Gasteiger partial charge in [0.15, 0.2) is 23.3 Å². The molecule has 0 aliphatic heterocycles. The Bertz CT molecular complexity index is 2980. The molecule has 242 valence electrons. The van der Waals surface area contributed by atoms with E-state index in [0.29, 0.717) is 34.4 Å². The molecule has 10 rings (SSSR count). The van der Waals surface area contributed by atoms with Gasteiger partial charge in [0.2, 0.25) is 0 Å². The summed E-state index contributed by atoms with van der Waals surface area (Å²) in [6, 6.07) is 50.2. The minimum absolute atomic E-state index is 0.520. The Morgan fingerprint density at radius 1 is 0.481 bits per heavy atom. The number of nitriles is 1. The average Bonchev–Trinajstić information content (AvgIpc) is 3.78. The molecule has 0 unspecified atom stereocenters. The molecule has 10 aromatic rings. The minimum Gasteiger partial charge on any atom is -0.456 e. The molecule has 0 fully saturated rings. The Morgan fingerprint density at radius 3 is 1.88 bits per heavy atom. The molecular formula is C44H24N6OS. The summed E-state index contributed by atoms with van der Waals surface area (Å²) in [5.41, 5.74) is 8.00. The Labute approximate surface area is 301 Å². The third-order valence-electron chi connectivity index (χ3n) is 9.21. The lowest BCUT2D eigenvalue weighted by atomic mass is 10.0. The molecule has 52 heavy (non-hydrogen) atoms. The van der Waals surface area contributed by atoms with Gasteiger partial charge in [-0.15, -0.1) is 11.3 Å². The standard InChI is InChI=1S/C44H24N6OS/c45-25-30-15-7-8-16-31(30)44-46-38(40-39(47-44)33-17-9-10-18-37(33)52-40)28-20-22-35-34(23-28)32-21-19-29(24-36(32)51-35)43-49-41(26-11-3-1-4-12-26)48-42(50-43)27-13-5-2-6-14-27/h1-24H. The van der Waals surface area contributed by atoms with Crippen molar-refractivity contribution >= 4 is 53.6 Å². The molecule has 6 aromatic carbocycles. The van der Waals surface area contributed by atoms with Crippen LogP contribution in [-0.4, -0.2) is 24.9 Å². The molecule has 4 aromatic heterocycles. The van der Waals surface area contributed by atoms with E-state index in [1.807, 2.05) is 115 Å². The highest BCUT2D eigenvalue weighted by molar-refractivity contribution is 7.26. The number of nitrogens with zero attached hydrogens (tertiary/aromatic N) is 6. The molecule has 0 aliphatic carbocycles. The Hall–Kier alpha value is -7.08. The third-order valence-corrected chi connectivity index (χ3v) is 10.4. The number of aromatic nitrogens is 5. The molecule has 4 heterocycles. The van der Waals surface area contributed by atoms with E-state index in [-0.39, 0.29) is 0 Å². The van der Waals surface area contributed by atoms with Gasteiger partial charge in [-0.2, -0.15) is 5.26 Å². The first-order valence-corrected chi connectivity index (χ1v) is 17.5. The summed E-state index contributed by atoms with van der Waals surface area (Å²) in [4.78, 5) is 24.8. The summed E-state index contributed by atoms with van der Waals surface area (Å²) in [5, 5.41) is 12.9. The Balaban J connectivity index is 1.13. The first kappa shape index (κ1) is 29.8. The summed E-state index contributed by atoms with van der Waals surface area (Å²) in [5.74, 6) is 2.29. The predicted octanol–water partition coefficient (Wildman–Crippen LogP) is 11.1. The van der Waals surface area contributed by atoms with Crippen LogP contribution in [0, 0.1) is 11.3 Å². The maximum absolute atomic E-state index is 9.91. The third kappa shape index (κ3) is 4.99. The summed E-state index contributed by atoms with van der Waals surface area (Å²) in [6.45, 7) is 0. The minimum atomic E-state index is 0.520. The normalized spacial score (nSPS) is 11.4. The van der Waals surface area contributed by atoms with Crippen LogP contribution in [0.5, 0.6) is 0 Å². The van der Waals surface area contributed by atoms with Crippen molar-refractivity contribution in [1.82, 2.24) is 24.9 Å². The van der Waals surface area contributed by atoms with Crippen molar-refractivity contribution < 1.29 is 4.42 Å². The van der Waals surface area contributed by atoms with Crippen molar-refractivity contribution in [1.29, 1.82) is 5.26 Å². The topological polar surface area (TPSA) is 101 Å². The number of furan rings is 1. The number of hydrogen-bond donors (Lipinski definition) is 0. The highest BCUT2D eigenvalue weighted by Crippen LogP contribution is 2.41. The van der Waals surface area contributed by atoms with Gasteiger partial charge in [0.05, 0.1) is 27.5 Å². The van der Waals surface area contributed by atoms with Crippen LogP contribution in [0.1, 0.15) is 5.56 Å². The summed E-state index contributed by atoms with van der Waals surface area (Å²) < 4.78 is 8.58. The van der Waals surface area contributed by atoms with Gasteiger partial charge in [-0.25, -0.2) is 24.9 Å². The zero-order chi connectivity index (χ0) is 34.6. The Kier molecular flexibility index (Phi) is 6.91. The number of rotatable bonds is 5. The molecule has 0 atom stereocenters. The molecular weight excluding hydrogens is 661 g/mol. The van der Waals surface area contributed by atoms with Gasteiger partial charge in [-0.05, 0) is 48.5 Å². The van der Waals surface area contributed by atoms with Crippen LogP contribution in [0.3, 0.4) is 0 Å². The molecule has 0 spiro atoms. The first-order chi connectivity index (χ1) is 25.7. The molecule has 0 saturated heterocycles. The van der Waals surface area contributed by atoms with E-state index in [1.165, 1.54) is 0 Å². The van der Waals surface area contributed by atoms with Crippen LogP contribution in [0.2, 0.25) is 0 Å². The number of thiophene rings is 1. The van der Waals surface area contributed by atoms with Crippen molar-refractivity contribution in [2.24, 2.45) is 0 Å². The zero-order valence-corrected chi connectivity index (χ0v) is 28.2. The SMILES string of the molecule is N#Cc1ccccc1-c1nc(-c2ccc3oc4cc(-c5nc(-c6ccccc6)nc(-c6ccccc6)n5)ccc4c3c2)c2sc3ccccc3c2n1. The molecule has 7 nitrogen and oxygen atoms in total. The van der Waals surface area contributed by atoms with Crippen LogP contribution in [-0.2, 0) is 0 Å². The smallest absolute Gasteiger partial charge is 0.164 e. The van der Waals surface area contributed by atoms with Gasteiger partial charge in [0.25, 0.3) is 0 Å². The van der Waals surface area contributed by atoms with E-state index in [1.54, 1.807) is 17.4 Å². The lowest BCUT2D eigenvalue weighted by molar-refractivity contribution is 0.669. The second-order valence-corrected chi connectivity index (χ2v) is 13.4. The molecule has 0 saturated carbocycles. The van der Waals surface area contributed by atoms with E-state index in [4.69, 9.17) is 29.3 Å². The lowest BCUT2D eigenvalue weighted by Crippen LogP contribution is -2.00. The van der Waals surface area contributed by atoms with E-state index >= 15 is 0 Å². The fourth-order valence-electron chi connectivity index (χ4n) is 6.68. The van der Waals surface area contributed by atoms with Gasteiger partial charge in [0, 0.05) is 48.7 Å². The summed E-state index contributed by atoms with van der Waals surface area (Å²) in [7, 11) is 0. The number of fused-ring (bicyclic) bond motifs is 6. The number of hydrogen-bond acceptors (Lipinski definition) is 8. The van der Waals surface area contributed by atoms with Crippen molar-refractivity contribution in [3.63, 3.8) is 0 Å². The van der Waals surface area contributed by atoms with Crippen LogP contribution in [0.25, 0.3) is 99.1 Å². The highest BCUT2D eigenvalue weighted by atomic mass is 32.1. The van der Waals surface area contributed by atoms with Crippen molar-refractivity contribution in [2.75, 3.05) is 0 Å². The monoisotopic (exact) mass is 684 g/mol. The molecule has 0 amide bonds.